The van der Waals surface area contributed by atoms with Gasteiger partial charge in [0, 0.05) is 78.6 Å². The Morgan fingerprint density at radius 1 is 1.33 bits per heavy atom. The van der Waals surface area contributed by atoms with Gasteiger partial charge < -0.3 is 20.1 Å². The number of piperidine rings is 1. The lowest BCUT2D eigenvalue weighted by Gasteiger charge is -2.37. The van der Waals surface area contributed by atoms with E-state index in [1.165, 1.54) is 0 Å². The van der Waals surface area contributed by atoms with Gasteiger partial charge in [-0.25, -0.2) is 0 Å². The van der Waals surface area contributed by atoms with Gasteiger partial charge in [0.1, 0.15) is 0 Å². The van der Waals surface area contributed by atoms with Crippen molar-refractivity contribution in [1.29, 1.82) is 0 Å². The van der Waals surface area contributed by atoms with Crippen LogP contribution in [0, 0.1) is 0 Å². The van der Waals surface area contributed by atoms with Crippen molar-refractivity contribution in [2.45, 2.75) is 43.9 Å². The van der Waals surface area contributed by atoms with Crippen molar-refractivity contribution in [3.63, 3.8) is 0 Å². The van der Waals surface area contributed by atoms with Gasteiger partial charge in [0.05, 0.1) is 11.3 Å². The summed E-state index contributed by atoms with van der Waals surface area (Å²) in [7, 11) is 3.62. The van der Waals surface area contributed by atoms with Gasteiger partial charge in [-0.15, -0.1) is 0 Å². The number of nitrogens with one attached hydrogen (secondary N) is 2. The van der Waals surface area contributed by atoms with Gasteiger partial charge in [-0.05, 0) is 25.0 Å². The summed E-state index contributed by atoms with van der Waals surface area (Å²) in [5, 5.41) is 7.04. The lowest BCUT2D eigenvalue weighted by atomic mass is 9.94. The molecule has 7 heteroatoms. The molecular formula is C20H33N5O2. The molecule has 0 unspecified atom stereocenters. The van der Waals surface area contributed by atoms with E-state index in [9.17, 15) is 0 Å². The number of rotatable bonds is 6. The lowest BCUT2D eigenvalue weighted by molar-refractivity contribution is -0.0855. The molecule has 0 saturated carbocycles. The van der Waals surface area contributed by atoms with E-state index in [-0.39, 0.29) is 5.60 Å². The van der Waals surface area contributed by atoms with E-state index in [4.69, 9.17) is 9.47 Å². The van der Waals surface area contributed by atoms with Gasteiger partial charge in [0.2, 0.25) is 0 Å². The molecule has 0 spiro atoms. The van der Waals surface area contributed by atoms with Crippen molar-refractivity contribution >= 4 is 5.96 Å². The summed E-state index contributed by atoms with van der Waals surface area (Å²) in [5.41, 5.74) is 0.991. The van der Waals surface area contributed by atoms with Crippen LogP contribution in [0.2, 0.25) is 0 Å². The maximum absolute atomic E-state index is 5.80. The lowest BCUT2D eigenvalue weighted by Crippen LogP contribution is -2.53. The van der Waals surface area contributed by atoms with Crippen LogP contribution in [0.4, 0.5) is 0 Å². The second-order valence-electron chi connectivity index (χ2n) is 7.44. The summed E-state index contributed by atoms with van der Waals surface area (Å²) in [4.78, 5) is 11.3. The normalized spacial score (nSPS) is 21.8. The van der Waals surface area contributed by atoms with E-state index in [1.807, 2.05) is 19.3 Å². The van der Waals surface area contributed by atoms with Gasteiger partial charge in [-0.1, -0.05) is 6.07 Å². The summed E-state index contributed by atoms with van der Waals surface area (Å²) in [6.07, 6.45) is 5.91. The number of aromatic nitrogens is 1. The number of hydrogen-bond donors (Lipinski definition) is 2. The van der Waals surface area contributed by atoms with E-state index in [2.05, 4.69) is 37.6 Å². The molecule has 0 radical (unpaired) electrons. The molecule has 0 atom stereocenters. The average molecular weight is 376 g/mol. The highest BCUT2D eigenvalue weighted by atomic mass is 16.5. The van der Waals surface area contributed by atoms with Crippen LogP contribution in [0.25, 0.3) is 0 Å². The van der Waals surface area contributed by atoms with E-state index in [0.29, 0.717) is 6.04 Å². The number of guanidine groups is 1. The van der Waals surface area contributed by atoms with Gasteiger partial charge in [-0.2, -0.15) is 0 Å². The predicted octanol–water partition coefficient (Wildman–Crippen LogP) is 1.41. The summed E-state index contributed by atoms with van der Waals surface area (Å²) in [6, 6.07) is 6.56. The zero-order valence-corrected chi connectivity index (χ0v) is 16.6. The third-order valence-electron chi connectivity index (χ3n) is 5.68. The summed E-state index contributed by atoms with van der Waals surface area (Å²) >= 11 is 0. The van der Waals surface area contributed by atoms with Crippen LogP contribution in [-0.2, 0) is 16.0 Å². The van der Waals surface area contributed by atoms with Crippen LogP contribution in [0.15, 0.2) is 29.4 Å². The topological polar surface area (TPSA) is 71.0 Å². The van der Waals surface area contributed by atoms with Gasteiger partial charge >= 0.3 is 0 Å². The molecular weight excluding hydrogens is 342 g/mol. The maximum Gasteiger partial charge on any atom is 0.191 e. The molecule has 1 aromatic rings. The molecule has 3 heterocycles. The highest BCUT2D eigenvalue weighted by molar-refractivity contribution is 5.80. The first kappa shape index (κ1) is 20.0. The Morgan fingerprint density at radius 2 is 2.11 bits per heavy atom. The standard InChI is InChI=1S/C20H33N5O2/c1-21-19(23-16-20(26-2)8-13-27-14-9-20)24-17-6-11-25(12-7-17)15-18-5-3-4-10-22-18/h3-5,10,17H,6-9,11-16H2,1-2H3,(H2,21,23,24). The van der Waals surface area contributed by atoms with E-state index in [1.54, 1.807) is 7.11 Å². The molecule has 27 heavy (non-hydrogen) atoms. The van der Waals surface area contributed by atoms with Crippen LogP contribution in [0.1, 0.15) is 31.4 Å². The fraction of sp³-hybridized carbons (Fsp3) is 0.700. The van der Waals surface area contributed by atoms with Crippen LogP contribution < -0.4 is 10.6 Å². The van der Waals surface area contributed by atoms with Crippen molar-refractivity contribution in [1.82, 2.24) is 20.5 Å². The number of methoxy groups -OCH3 is 1. The molecule has 1 aromatic heterocycles. The maximum atomic E-state index is 5.80. The Bertz CT molecular complexity index is 581. The van der Waals surface area contributed by atoms with Crippen LogP contribution >= 0.6 is 0 Å². The molecule has 0 aliphatic carbocycles. The molecule has 7 nitrogen and oxygen atoms in total. The third kappa shape index (κ3) is 5.89. The van der Waals surface area contributed by atoms with Crippen LogP contribution in [-0.4, -0.2) is 74.5 Å². The zero-order chi connectivity index (χ0) is 19.0. The first-order valence-electron chi connectivity index (χ1n) is 9.95. The number of likely N-dealkylation sites (tertiary alicyclic amines) is 1. The molecule has 2 aliphatic rings. The SMILES string of the molecule is CN=C(NCC1(OC)CCOCC1)NC1CCN(Cc2ccccn2)CC1. The fourth-order valence-electron chi connectivity index (χ4n) is 3.79. The summed E-state index contributed by atoms with van der Waals surface area (Å²) in [6.45, 7) is 5.35. The molecule has 150 valence electrons. The zero-order valence-electron chi connectivity index (χ0n) is 16.6. The van der Waals surface area contributed by atoms with Crippen molar-refractivity contribution in [3.8, 4) is 0 Å². The minimum atomic E-state index is -0.151. The van der Waals surface area contributed by atoms with Crippen molar-refractivity contribution in [3.05, 3.63) is 30.1 Å². The molecule has 2 saturated heterocycles. The smallest absolute Gasteiger partial charge is 0.191 e. The first-order valence-corrected chi connectivity index (χ1v) is 9.95. The Kier molecular flexibility index (Phi) is 7.43. The number of pyridine rings is 1. The minimum Gasteiger partial charge on any atom is -0.381 e. The molecule has 2 aliphatic heterocycles. The summed E-state index contributed by atoms with van der Waals surface area (Å²) in [5.74, 6) is 0.862. The third-order valence-corrected chi connectivity index (χ3v) is 5.68. The van der Waals surface area contributed by atoms with Gasteiger partial charge in [-0.3, -0.25) is 14.9 Å². The highest BCUT2D eigenvalue weighted by Gasteiger charge is 2.32. The monoisotopic (exact) mass is 375 g/mol. The number of aliphatic imine (C=N–C) groups is 1. The second-order valence-corrected chi connectivity index (χ2v) is 7.44. The van der Waals surface area contributed by atoms with Crippen molar-refractivity contribution < 1.29 is 9.47 Å². The van der Waals surface area contributed by atoms with Crippen molar-refractivity contribution in [2.24, 2.45) is 4.99 Å². The fourth-order valence-corrected chi connectivity index (χ4v) is 3.79. The Balaban J connectivity index is 1.41. The van der Waals surface area contributed by atoms with Crippen LogP contribution in [0.3, 0.4) is 0 Å². The quantitative estimate of drug-likeness (QED) is 0.579. The Labute approximate surface area is 162 Å². The molecule has 2 N–H and O–H groups in total. The van der Waals surface area contributed by atoms with Crippen molar-refractivity contribution in [2.75, 3.05) is 47.0 Å². The molecule has 3 rings (SSSR count). The van der Waals surface area contributed by atoms with E-state index < -0.39 is 0 Å². The Hall–Kier alpha value is -1.70. The number of ether oxygens (including phenoxy) is 2. The molecule has 0 bridgehead atoms. The predicted molar refractivity (Wildman–Crippen MR) is 107 cm³/mol. The molecule has 0 amide bonds. The minimum absolute atomic E-state index is 0.151. The van der Waals surface area contributed by atoms with Crippen LogP contribution in [0.5, 0.6) is 0 Å². The van der Waals surface area contributed by atoms with E-state index >= 15 is 0 Å². The van der Waals surface area contributed by atoms with E-state index in [0.717, 1.165) is 76.7 Å². The summed E-state index contributed by atoms with van der Waals surface area (Å²) < 4.78 is 11.3. The second kappa shape index (κ2) is 10.0. The molecule has 2 fully saturated rings. The number of hydrogen-bond acceptors (Lipinski definition) is 5. The Morgan fingerprint density at radius 3 is 2.74 bits per heavy atom. The van der Waals surface area contributed by atoms with Gasteiger partial charge in [0.25, 0.3) is 0 Å². The molecule has 0 aromatic carbocycles. The van der Waals surface area contributed by atoms with Gasteiger partial charge in [0.15, 0.2) is 5.96 Å². The number of nitrogens with zero attached hydrogens (tertiary/aromatic N) is 3. The largest absolute Gasteiger partial charge is 0.381 e. The first-order chi connectivity index (χ1) is 13.2. The average Bonchev–Trinajstić information content (AvgIpc) is 2.74. The highest BCUT2D eigenvalue weighted by Crippen LogP contribution is 2.23.